The van der Waals surface area contributed by atoms with E-state index in [0.717, 1.165) is 16.2 Å². The van der Waals surface area contributed by atoms with Crippen LogP contribution in [0.4, 0.5) is 5.69 Å². The van der Waals surface area contributed by atoms with E-state index in [-0.39, 0.29) is 5.91 Å². The minimum Gasteiger partial charge on any atom is -0.497 e. The Hall–Kier alpha value is -3.23. The first-order valence-electron chi connectivity index (χ1n) is 8.36. The number of anilines is 1. The molecule has 0 fully saturated rings. The Morgan fingerprint density at radius 2 is 1.78 bits per heavy atom. The number of amides is 1. The highest BCUT2D eigenvalue weighted by atomic mass is 32.2. The van der Waals surface area contributed by atoms with Crippen LogP contribution in [0.2, 0.25) is 0 Å². The van der Waals surface area contributed by atoms with Gasteiger partial charge in [0.25, 0.3) is 0 Å². The molecule has 0 aromatic heterocycles. The number of hydrogen-bond acceptors (Lipinski definition) is 4. The molecule has 1 atom stereocenters. The number of benzene rings is 3. The first-order chi connectivity index (χ1) is 13.2. The SMILES string of the molecule is COc1ccc(NC(=O)C(Sc2cccc(C#N)c2)c2ccccc2)cc1. The molecule has 0 aliphatic heterocycles. The Morgan fingerprint density at radius 3 is 2.44 bits per heavy atom. The van der Waals surface area contributed by atoms with E-state index < -0.39 is 5.25 Å². The predicted molar refractivity (Wildman–Crippen MR) is 108 cm³/mol. The number of methoxy groups -OCH3 is 1. The maximum atomic E-state index is 13.0. The monoisotopic (exact) mass is 374 g/mol. The van der Waals surface area contributed by atoms with Gasteiger partial charge in [-0.3, -0.25) is 4.79 Å². The summed E-state index contributed by atoms with van der Waals surface area (Å²) in [6.07, 6.45) is 0. The molecular formula is C22H18N2O2S. The molecule has 1 amide bonds. The number of rotatable bonds is 6. The lowest BCUT2D eigenvalue weighted by molar-refractivity contribution is -0.115. The van der Waals surface area contributed by atoms with Crippen LogP contribution in [0.25, 0.3) is 0 Å². The van der Waals surface area contributed by atoms with Crippen molar-refractivity contribution in [3.8, 4) is 11.8 Å². The van der Waals surface area contributed by atoms with E-state index in [4.69, 9.17) is 10.00 Å². The molecule has 0 spiro atoms. The summed E-state index contributed by atoms with van der Waals surface area (Å²) >= 11 is 1.42. The number of nitrogens with one attached hydrogen (secondary N) is 1. The molecule has 27 heavy (non-hydrogen) atoms. The highest BCUT2D eigenvalue weighted by Gasteiger charge is 2.22. The first kappa shape index (κ1) is 18.6. The summed E-state index contributed by atoms with van der Waals surface area (Å²) in [5, 5.41) is 11.6. The highest BCUT2D eigenvalue weighted by molar-refractivity contribution is 8.00. The predicted octanol–water partition coefficient (Wildman–Crippen LogP) is 5.04. The lowest BCUT2D eigenvalue weighted by Gasteiger charge is -2.17. The van der Waals surface area contributed by atoms with Crippen LogP contribution in [0.5, 0.6) is 5.75 Å². The zero-order valence-corrected chi connectivity index (χ0v) is 15.6. The molecule has 134 valence electrons. The van der Waals surface area contributed by atoms with Crippen LogP contribution in [0.1, 0.15) is 16.4 Å². The first-order valence-corrected chi connectivity index (χ1v) is 9.24. The third-order valence-electron chi connectivity index (χ3n) is 3.92. The lowest BCUT2D eigenvalue weighted by atomic mass is 10.1. The summed E-state index contributed by atoms with van der Waals surface area (Å²) in [4.78, 5) is 13.9. The largest absolute Gasteiger partial charge is 0.497 e. The van der Waals surface area contributed by atoms with Crippen molar-refractivity contribution in [1.82, 2.24) is 0 Å². The zero-order chi connectivity index (χ0) is 19.1. The number of thioether (sulfide) groups is 1. The molecule has 5 heteroatoms. The van der Waals surface area contributed by atoms with E-state index in [1.807, 2.05) is 42.5 Å². The van der Waals surface area contributed by atoms with E-state index in [1.54, 1.807) is 43.5 Å². The van der Waals surface area contributed by atoms with Gasteiger partial charge in [-0.15, -0.1) is 11.8 Å². The third-order valence-corrected chi connectivity index (χ3v) is 5.16. The fraction of sp³-hybridized carbons (Fsp3) is 0.0909. The standard InChI is InChI=1S/C22H18N2O2S/c1-26-19-12-10-18(11-13-19)24-22(25)21(17-7-3-2-4-8-17)27-20-9-5-6-16(14-20)15-23/h2-14,21H,1H3,(H,24,25). The molecule has 1 unspecified atom stereocenters. The Bertz CT molecular complexity index is 950. The van der Waals surface area contributed by atoms with Gasteiger partial charge in [0, 0.05) is 10.6 Å². The molecule has 1 N–H and O–H groups in total. The van der Waals surface area contributed by atoms with Gasteiger partial charge in [0.05, 0.1) is 18.7 Å². The van der Waals surface area contributed by atoms with Gasteiger partial charge in [0.15, 0.2) is 0 Å². The van der Waals surface area contributed by atoms with Crippen LogP contribution in [-0.2, 0) is 4.79 Å². The molecule has 0 radical (unpaired) electrons. The second-order valence-electron chi connectivity index (χ2n) is 5.77. The minimum absolute atomic E-state index is 0.126. The number of nitriles is 1. The van der Waals surface area contributed by atoms with Crippen molar-refractivity contribution in [2.75, 3.05) is 12.4 Å². The van der Waals surface area contributed by atoms with Crippen LogP contribution >= 0.6 is 11.8 Å². The van der Waals surface area contributed by atoms with Crippen molar-refractivity contribution < 1.29 is 9.53 Å². The highest BCUT2D eigenvalue weighted by Crippen LogP contribution is 2.36. The molecule has 4 nitrogen and oxygen atoms in total. The van der Waals surface area contributed by atoms with Crippen molar-refractivity contribution in [2.24, 2.45) is 0 Å². The molecule has 3 rings (SSSR count). The van der Waals surface area contributed by atoms with Gasteiger partial charge in [-0.05, 0) is 48.0 Å². The molecule has 0 heterocycles. The number of nitrogens with zero attached hydrogens (tertiary/aromatic N) is 1. The van der Waals surface area contributed by atoms with Crippen molar-refractivity contribution in [3.63, 3.8) is 0 Å². The molecule has 0 saturated heterocycles. The van der Waals surface area contributed by atoms with Gasteiger partial charge in [0.2, 0.25) is 5.91 Å². The number of hydrogen-bond donors (Lipinski definition) is 1. The summed E-state index contributed by atoms with van der Waals surface area (Å²) < 4.78 is 5.15. The Morgan fingerprint density at radius 1 is 1.04 bits per heavy atom. The van der Waals surface area contributed by atoms with Gasteiger partial charge in [-0.25, -0.2) is 0 Å². The van der Waals surface area contributed by atoms with E-state index >= 15 is 0 Å². The molecule has 0 aliphatic carbocycles. The lowest BCUT2D eigenvalue weighted by Crippen LogP contribution is -2.19. The van der Waals surface area contributed by atoms with Crippen LogP contribution in [0.3, 0.4) is 0 Å². The van der Waals surface area contributed by atoms with Crippen molar-refractivity contribution in [2.45, 2.75) is 10.1 Å². The number of ether oxygens (including phenoxy) is 1. The molecule has 0 saturated carbocycles. The summed E-state index contributed by atoms with van der Waals surface area (Å²) in [7, 11) is 1.60. The Kier molecular flexibility index (Phi) is 6.14. The van der Waals surface area contributed by atoms with Gasteiger partial charge in [-0.2, -0.15) is 5.26 Å². The van der Waals surface area contributed by atoms with Gasteiger partial charge >= 0.3 is 0 Å². The molecular weight excluding hydrogens is 356 g/mol. The second-order valence-corrected chi connectivity index (χ2v) is 6.94. The van der Waals surface area contributed by atoms with Crippen molar-refractivity contribution in [3.05, 3.63) is 90.0 Å². The Labute approximate surface area is 162 Å². The topological polar surface area (TPSA) is 62.1 Å². The van der Waals surface area contributed by atoms with Crippen LogP contribution in [-0.4, -0.2) is 13.0 Å². The zero-order valence-electron chi connectivity index (χ0n) is 14.8. The van der Waals surface area contributed by atoms with E-state index in [9.17, 15) is 4.79 Å². The van der Waals surface area contributed by atoms with Gasteiger partial charge < -0.3 is 10.1 Å². The third kappa shape index (κ3) is 4.90. The maximum Gasteiger partial charge on any atom is 0.242 e. The fourth-order valence-electron chi connectivity index (χ4n) is 2.56. The molecule has 0 bridgehead atoms. The molecule has 3 aromatic rings. The summed E-state index contributed by atoms with van der Waals surface area (Å²) in [6, 6.07) is 26.2. The summed E-state index contributed by atoms with van der Waals surface area (Å²) in [5.74, 6) is 0.606. The second kappa shape index (κ2) is 8.93. The number of carbonyl (C=O) groups is 1. The molecule has 3 aromatic carbocycles. The van der Waals surface area contributed by atoms with Gasteiger partial charge in [0.1, 0.15) is 11.0 Å². The Balaban J connectivity index is 1.84. The van der Waals surface area contributed by atoms with E-state index in [2.05, 4.69) is 11.4 Å². The summed E-state index contributed by atoms with van der Waals surface area (Å²) in [5.41, 5.74) is 2.17. The van der Waals surface area contributed by atoms with Crippen LogP contribution in [0.15, 0.2) is 83.8 Å². The van der Waals surface area contributed by atoms with Crippen LogP contribution < -0.4 is 10.1 Å². The average molecular weight is 374 g/mol. The molecule has 0 aliphatic rings. The maximum absolute atomic E-state index is 13.0. The van der Waals surface area contributed by atoms with E-state index in [0.29, 0.717) is 11.3 Å². The van der Waals surface area contributed by atoms with E-state index in [1.165, 1.54) is 11.8 Å². The smallest absolute Gasteiger partial charge is 0.242 e. The minimum atomic E-state index is -0.442. The van der Waals surface area contributed by atoms with Crippen LogP contribution in [0, 0.1) is 11.3 Å². The summed E-state index contributed by atoms with van der Waals surface area (Å²) in [6.45, 7) is 0. The quantitative estimate of drug-likeness (QED) is 0.614. The fourth-order valence-corrected chi connectivity index (χ4v) is 3.64. The average Bonchev–Trinajstić information content (AvgIpc) is 2.73. The van der Waals surface area contributed by atoms with Gasteiger partial charge in [-0.1, -0.05) is 36.4 Å². The number of carbonyl (C=O) groups excluding carboxylic acids is 1. The van der Waals surface area contributed by atoms with Crippen molar-refractivity contribution >= 4 is 23.4 Å². The normalized spacial score (nSPS) is 11.3. The van der Waals surface area contributed by atoms with Crippen molar-refractivity contribution in [1.29, 1.82) is 5.26 Å².